The Hall–Kier alpha value is -0.940. The lowest BCUT2D eigenvalue weighted by Crippen LogP contribution is -2.39. The van der Waals surface area contributed by atoms with E-state index in [1.54, 1.807) is 0 Å². The van der Waals surface area contributed by atoms with E-state index >= 15 is 0 Å². The van der Waals surface area contributed by atoms with Gasteiger partial charge in [0.05, 0.1) is 0 Å². The van der Waals surface area contributed by atoms with Crippen LogP contribution in [0.4, 0.5) is 18.4 Å². The Balaban J connectivity index is 3.85. The molecule has 0 heterocycles. The SMILES string of the molecule is O=C(F)NS(=O)NS(=O)NC(=O)F. The molecule has 0 aliphatic carbocycles. The zero-order valence-electron chi connectivity index (χ0n) is 5.71. The van der Waals surface area contributed by atoms with Gasteiger partial charge in [0.2, 0.25) is 22.3 Å². The van der Waals surface area contributed by atoms with E-state index in [1.807, 2.05) is 0 Å². The molecule has 2 unspecified atom stereocenters. The number of nitrogens with one attached hydrogen (secondary N) is 3. The molecule has 0 fully saturated rings. The predicted octanol–water partition coefficient (Wildman–Crippen LogP) is -0.908. The molecule has 76 valence electrons. The van der Waals surface area contributed by atoms with E-state index in [-0.39, 0.29) is 0 Å². The van der Waals surface area contributed by atoms with E-state index in [0.29, 0.717) is 0 Å². The first-order valence-corrected chi connectivity index (χ1v) is 4.74. The number of carbonyl (C=O) groups is 2. The largest absolute Gasteiger partial charge is 0.410 e. The molecule has 2 atom stereocenters. The first-order chi connectivity index (χ1) is 5.91. The first-order valence-electron chi connectivity index (χ1n) is 2.44. The molecule has 2 amide bonds. The van der Waals surface area contributed by atoms with Crippen LogP contribution in [0.25, 0.3) is 0 Å². The number of amides is 2. The molecular formula is C2H3F2N3O4S2. The van der Waals surface area contributed by atoms with Crippen molar-refractivity contribution in [3.63, 3.8) is 0 Å². The minimum absolute atomic E-state index is 1.14. The van der Waals surface area contributed by atoms with E-state index in [9.17, 15) is 26.8 Å². The van der Waals surface area contributed by atoms with Crippen LogP contribution < -0.4 is 13.6 Å². The second-order valence-corrected chi connectivity index (χ2v) is 3.52. The molecule has 7 nitrogen and oxygen atoms in total. The quantitative estimate of drug-likeness (QED) is 0.433. The van der Waals surface area contributed by atoms with Gasteiger partial charge in [0.1, 0.15) is 0 Å². The summed E-state index contributed by atoms with van der Waals surface area (Å²) in [6.45, 7) is 0. The van der Waals surface area contributed by atoms with Gasteiger partial charge in [-0.1, -0.05) is 0 Å². The van der Waals surface area contributed by atoms with E-state index in [4.69, 9.17) is 0 Å². The minimum Gasteiger partial charge on any atom is -0.233 e. The number of carbonyl (C=O) groups excluding carboxylic acids is 2. The van der Waals surface area contributed by atoms with Gasteiger partial charge in [-0.25, -0.2) is 27.5 Å². The van der Waals surface area contributed by atoms with Crippen LogP contribution in [0.15, 0.2) is 0 Å². The summed E-state index contributed by atoms with van der Waals surface area (Å²) in [6, 6.07) is 0. The van der Waals surface area contributed by atoms with Gasteiger partial charge in [-0.05, 0) is 0 Å². The molecule has 0 spiro atoms. The Bertz CT molecular complexity index is 244. The van der Waals surface area contributed by atoms with Crippen molar-refractivity contribution >= 4 is 34.7 Å². The second-order valence-electron chi connectivity index (χ2n) is 1.37. The van der Waals surface area contributed by atoms with Gasteiger partial charge >= 0.3 is 12.3 Å². The van der Waals surface area contributed by atoms with Gasteiger partial charge in [-0.15, -0.1) is 12.9 Å². The van der Waals surface area contributed by atoms with E-state index in [2.05, 4.69) is 0 Å². The van der Waals surface area contributed by atoms with Crippen molar-refractivity contribution in [2.24, 2.45) is 0 Å². The average Bonchev–Trinajstić information content (AvgIpc) is 1.80. The van der Waals surface area contributed by atoms with Crippen LogP contribution in [0.1, 0.15) is 0 Å². The van der Waals surface area contributed by atoms with Gasteiger partial charge in [0, 0.05) is 0 Å². The summed E-state index contributed by atoms with van der Waals surface area (Å²) < 4.78 is 47.4. The van der Waals surface area contributed by atoms with Gasteiger partial charge < -0.3 is 0 Å². The average molecular weight is 235 g/mol. The lowest BCUT2D eigenvalue weighted by molar-refractivity contribution is 0.226. The highest BCUT2D eigenvalue weighted by Gasteiger charge is 2.09. The summed E-state index contributed by atoms with van der Waals surface area (Å²) in [4.78, 5) is 19.2. The third-order valence-corrected chi connectivity index (χ3v) is 2.40. The van der Waals surface area contributed by atoms with Crippen LogP contribution in [0.2, 0.25) is 0 Å². The lowest BCUT2D eigenvalue weighted by atomic mass is 11.4. The fourth-order valence-corrected chi connectivity index (χ4v) is 1.43. The molecule has 0 aliphatic heterocycles. The number of hydrogen-bond acceptors (Lipinski definition) is 4. The maximum Gasteiger partial charge on any atom is 0.410 e. The monoisotopic (exact) mass is 235 g/mol. The molecule has 0 aromatic heterocycles. The van der Waals surface area contributed by atoms with Crippen LogP contribution in [-0.2, 0) is 22.3 Å². The van der Waals surface area contributed by atoms with Gasteiger partial charge in [-0.2, -0.15) is 0 Å². The third kappa shape index (κ3) is 7.42. The lowest BCUT2D eigenvalue weighted by Gasteiger charge is -2.00. The smallest absolute Gasteiger partial charge is 0.233 e. The standard InChI is InChI=1S/C2H3F2N3O4S2/c3-1(8)5-12(10)7-13(11)6-2(4)9/h7H,(H,5,8)(H,6,9). The Morgan fingerprint density at radius 2 is 1.23 bits per heavy atom. The fourth-order valence-electron chi connectivity index (χ4n) is 0.256. The number of rotatable bonds is 4. The normalized spacial score (nSPS) is 14.3. The van der Waals surface area contributed by atoms with Crippen LogP contribution in [-0.4, -0.2) is 20.7 Å². The third-order valence-electron chi connectivity index (χ3n) is 0.497. The Kier molecular flexibility index (Phi) is 5.25. The van der Waals surface area contributed by atoms with Crippen LogP contribution in [0.5, 0.6) is 0 Å². The molecule has 0 radical (unpaired) electrons. The Labute approximate surface area is 75.7 Å². The van der Waals surface area contributed by atoms with E-state index in [1.165, 1.54) is 4.13 Å². The summed E-state index contributed by atoms with van der Waals surface area (Å²) in [7, 11) is 0. The summed E-state index contributed by atoms with van der Waals surface area (Å²) >= 11 is -5.01. The summed E-state index contributed by atoms with van der Waals surface area (Å²) in [5, 5.41) is 0. The minimum atomic E-state index is -2.50. The molecule has 3 N–H and O–H groups in total. The molecule has 0 aromatic carbocycles. The van der Waals surface area contributed by atoms with Crippen molar-refractivity contribution in [1.29, 1.82) is 0 Å². The van der Waals surface area contributed by atoms with Gasteiger partial charge in [0.25, 0.3) is 0 Å². The van der Waals surface area contributed by atoms with Crippen LogP contribution in [0.3, 0.4) is 0 Å². The highest BCUT2D eigenvalue weighted by atomic mass is 32.3. The number of hydrogen-bond donors (Lipinski definition) is 3. The Morgan fingerprint density at radius 3 is 1.46 bits per heavy atom. The molecule has 11 heteroatoms. The van der Waals surface area contributed by atoms with Crippen molar-refractivity contribution in [2.45, 2.75) is 0 Å². The highest BCUT2D eigenvalue weighted by Crippen LogP contribution is 1.78. The molecule has 0 rings (SSSR count). The zero-order chi connectivity index (χ0) is 10.4. The summed E-state index contributed by atoms with van der Waals surface area (Å²) in [6.07, 6.45) is -4.26. The molecule has 0 aromatic rings. The summed E-state index contributed by atoms with van der Waals surface area (Å²) in [5.74, 6) is 0. The maximum absolute atomic E-state index is 11.4. The first kappa shape index (κ1) is 12.1. The maximum atomic E-state index is 11.4. The van der Waals surface area contributed by atoms with Gasteiger partial charge in [0.15, 0.2) is 0 Å². The van der Waals surface area contributed by atoms with E-state index in [0.717, 1.165) is 9.44 Å². The van der Waals surface area contributed by atoms with Crippen molar-refractivity contribution < 1.29 is 26.8 Å². The number of halogens is 2. The fraction of sp³-hybridized carbons (Fsp3) is 0. The van der Waals surface area contributed by atoms with Crippen molar-refractivity contribution in [3.05, 3.63) is 0 Å². The summed E-state index contributed by atoms with van der Waals surface area (Å²) in [5.41, 5.74) is 0. The van der Waals surface area contributed by atoms with Gasteiger partial charge in [-0.3, -0.25) is 0 Å². The van der Waals surface area contributed by atoms with Crippen LogP contribution in [0, 0.1) is 0 Å². The molecule has 0 saturated carbocycles. The molecule has 13 heavy (non-hydrogen) atoms. The molecule has 0 saturated heterocycles. The van der Waals surface area contributed by atoms with Crippen molar-refractivity contribution in [2.75, 3.05) is 0 Å². The van der Waals surface area contributed by atoms with Crippen molar-refractivity contribution in [1.82, 2.24) is 13.6 Å². The van der Waals surface area contributed by atoms with Crippen LogP contribution >= 0.6 is 0 Å². The Morgan fingerprint density at radius 1 is 0.923 bits per heavy atom. The highest BCUT2D eigenvalue weighted by molar-refractivity contribution is 7.97. The molecule has 0 bridgehead atoms. The predicted molar refractivity (Wildman–Crippen MR) is 38.7 cm³/mol. The molecular weight excluding hydrogens is 232 g/mol. The zero-order valence-corrected chi connectivity index (χ0v) is 7.34. The topological polar surface area (TPSA) is 104 Å². The van der Waals surface area contributed by atoms with Crippen molar-refractivity contribution in [3.8, 4) is 0 Å². The second kappa shape index (κ2) is 5.66. The van der Waals surface area contributed by atoms with E-state index < -0.39 is 34.7 Å². The molecule has 0 aliphatic rings.